The third-order valence-electron chi connectivity index (χ3n) is 3.80. The van der Waals surface area contributed by atoms with E-state index >= 15 is 0 Å². The second kappa shape index (κ2) is 8.53. The maximum absolute atomic E-state index is 12.8. The Labute approximate surface area is 160 Å². The van der Waals surface area contributed by atoms with Gasteiger partial charge in [-0.2, -0.15) is 0 Å². The van der Waals surface area contributed by atoms with E-state index in [1.54, 1.807) is 29.3 Å². The van der Waals surface area contributed by atoms with Crippen molar-refractivity contribution in [1.82, 2.24) is 14.9 Å². The van der Waals surface area contributed by atoms with Gasteiger partial charge in [0, 0.05) is 24.4 Å². The lowest BCUT2D eigenvalue weighted by molar-refractivity contribution is -0.0401. The molecular formula is C17H17Cl2N3O4. The molecule has 1 aliphatic rings. The number of hydrogen-bond donors (Lipinski definition) is 0. The molecule has 0 aliphatic carbocycles. The van der Waals surface area contributed by atoms with E-state index in [9.17, 15) is 4.79 Å². The Balaban J connectivity index is 1.63. The van der Waals surface area contributed by atoms with Gasteiger partial charge in [0.05, 0.1) is 20.3 Å². The standard InChI is InChI=1S/C17H17Cl2N3O4/c1-24-15-8-11(7-14(18)21-15)17(23)22-5-6-25-12(9-22)10-26-13-3-2-4-20-16(13)19/h2-4,7-8,12H,5-6,9-10H2,1H3. The van der Waals surface area contributed by atoms with Crippen molar-refractivity contribution < 1.29 is 19.0 Å². The Kier molecular flexibility index (Phi) is 6.13. The number of methoxy groups -OCH3 is 1. The van der Waals surface area contributed by atoms with Crippen molar-refractivity contribution in [3.8, 4) is 11.6 Å². The highest BCUT2D eigenvalue weighted by atomic mass is 35.5. The third-order valence-corrected chi connectivity index (χ3v) is 4.28. The summed E-state index contributed by atoms with van der Waals surface area (Å²) in [5.74, 6) is 0.604. The zero-order chi connectivity index (χ0) is 18.5. The van der Waals surface area contributed by atoms with E-state index in [1.807, 2.05) is 0 Å². The summed E-state index contributed by atoms with van der Waals surface area (Å²) in [6.45, 7) is 1.54. The van der Waals surface area contributed by atoms with Crippen LogP contribution < -0.4 is 9.47 Å². The first-order valence-electron chi connectivity index (χ1n) is 7.92. The number of pyridine rings is 2. The predicted molar refractivity (Wildman–Crippen MR) is 96.2 cm³/mol. The van der Waals surface area contributed by atoms with Gasteiger partial charge in [0.15, 0.2) is 10.9 Å². The highest BCUT2D eigenvalue weighted by Gasteiger charge is 2.26. The molecule has 0 spiro atoms. The van der Waals surface area contributed by atoms with Gasteiger partial charge in [-0.15, -0.1) is 0 Å². The molecule has 1 saturated heterocycles. The van der Waals surface area contributed by atoms with Crippen molar-refractivity contribution in [3.63, 3.8) is 0 Å². The second-order valence-electron chi connectivity index (χ2n) is 5.57. The molecular weight excluding hydrogens is 381 g/mol. The fourth-order valence-electron chi connectivity index (χ4n) is 2.55. The summed E-state index contributed by atoms with van der Waals surface area (Å²) in [6.07, 6.45) is 1.31. The monoisotopic (exact) mass is 397 g/mol. The van der Waals surface area contributed by atoms with E-state index in [2.05, 4.69) is 9.97 Å². The van der Waals surface area contributed by atoms with Gasteiger partial charge < -0.3 is 19.1 Å². The van der Waals surface area contributed by atoms with E-state index in [-0.39, 0.29) is 28.9 Å². The zero-order valence-corrected chi connectivity index (χ0v) is 15.5. The van der Waals surface area contributed by atoms with Crippen LogP contribution in [-0.4, -0.2) is 60.3 Å². The Hall–Kier alpha value is -2.09. The Morgan fingerprint density at radius 2 is 2.27 bits per heavy atom. The average molecular weight is 398 g/mol. The van der Waals surface area contributed by atoms with Crippen LogP contribution in [-0.2, 0) is 4.74 Å². The summed E-state index contributed by atoms with van der Waals surface area (Å²) in [7, 11) is 1.47. The van der Waals surface area contributed by atoms with Gasteiger partial charge in [-0.25, -0.2) is 9.97 Å². The van der Waals surface area contributed by atoms with Gasteiger partial charge in [-0.05, 0) is 18.2 Å². The lowest BCUT2D eigenvalue weighted by Crippen LogP contribution is -2.47. The SMILES string of the molecule is COc1cc(C(=O)N2CCOC(COc3cccnc3Cl)C2)cc(Cl)n1. The number of hydrogen-bond acceptors (Lipinski definition) is 6. The van der Waals surface area contributed by atoms with E-state index in [0.29, 0.717) is 36.9 Å². The second-order valence-corrected chi connectivity index (χ2v) is 6.31. The van der Waals surface area contributed by atoms with E-state index in [1.165, 1.54) is 13.2 Å². The van der Waals surface area contributed by atoms with Gasteiger partial charge >= 0.3 is 0 Å². The Bertz CT molecular complexity index is 790. The molecule has 0 saturated carbocycles. The average Bonchev–Trinajstić information content (AvgIpc) is 2.66. The lowest BCUT2D eigenvalue weighted by atomic mass is 10.2. The number of rotatable bonds is 5. The van der Waals surface area contributed by atoms with Crippen LogP contribution in [0, 0.1) is 0 Å². The highest BCUT2D eigenvalue weighted by Crippen LogP contribution is 2.22. The van der Waals surface area contributed by atoms with Crippen molar-refractivity contribution in [2.24, 2.45) is 0 Å². The summed E-state index contributed by atoms with van der Waals surface area (Å²) in [5, 5.41) is 0.488. The minimum Gasteiger partial charge on any atom is -0.488 e. The molecule has 1 amide bonds. The number of amides is 1. The van der Waals surface area contributed by atoms with Gasteiger partial charge in [0.25, 0.3) is 5.91 Å². The number of carbonyl (C=O) groups excluding carboxylic acids is 1. The van der Waals surface area contributed by atoms with Crippen molar-refractivity contribution in [3.05, 3.63) is 46.3 Å². The van der Waals surface area contributed by atoms with Gasteiger partial charge in [-0.1, -0.05) is 23.2 Å². The van der Waals surface area contributed by atoms with Gasteiger partial charge in [-0.3, -0.25) is 4.79 Å². The normalized spacial score (nSPS) is 17.0. The molecule has 1 fully saturated rings. The molecule has 0 aromatic carbocycles. The number of nitrogens with zero attached hydrogens (tertiary/aromatic N) is 3. The molecule has 7 nitrogen and oxygen atoms in total. The summed E-state index contributed by atoms with van der Waals surface area (Å²) in [6, 6.07) is 6.54. The summed E-state index contributed by atoms with van der Waals surface area (Å²) in [4.78, 5) is 22.4. The number of carbonyl (C=O) groups is 1. The third kappa shape index (κ3) is 4.55. The number of morpholine rings is 1. The summed E-state index contributed by atoms with van der Waals surface area (Å²) < 4.78 is 16.4. The summed E-state index contributed by atoms with van der Waals surface area (Å²) >= 11 is 11.9. The fraction of sp³-hybridized carbons (Fsp3) is 0.353. The van der Waals surface area contributed by atoms with Crippen LogP contribution >= 0.6 is 23.2 Å². The molecule has 2 aromatic heterocycles. The predicted octanol–water partition coefficient (Wildman–Crippen LogP) is 2.71. The quantitative estimate of drug-likeness (QED) is 0.722. The van der Waals surface area contributed by atoms with Gasteiger partial charge in [0.2, 0.25) is 5.88 Å². The van der Waals surface area contributed by atoms with Crippen molar-refractivity contribution >= 4 is 29.1 Å². The molecule has 0 N–H and O–H groups in total. The molecule has 3 heterocycles. The molecule has 138 valence electrons. The van der Waals surface area contributed by atoms with Crippen molar-refractivity contribution in [2.45, 2.75) is 6.10 Å². The first-order chi connectivity index (χ1) is 12.6. The van der Waals surface area contributed by atoms with Crippen LogP contribution in [0.3, 0.4) is 0 Å². The Morgan fingerprint density at radius 1 is 1.42 bits per heavy atom. The largest absolute Gasteiger partial charge is 0.488 e. The van der Waals surface area contributed by atoms with Crippen LogP contribution in [0.1, 0.15) is 10.4 Å². The number of halogens is 2. The molecule has 1 unspecified atom stereocenters. The van der Waals surface area contributed by atoms with Crippen LogP contribution in [0.15, 0.2) is 30.5 Å². The molecule has 9 heteroatoms. The molecule has 1 atom stereocenters. The Morgan fingerprint density at radius 3 is 3.04 bits per heavy atom. The maximum Gasteiger partial charge on any atom is 0.254 e. The number of aromatic nitrogens is 2. The minimum atomic E-state index is -0.275. The minimum absolute atomic E-state index is 0.166. The topological polar surface area (TPSA) is 73.8 Å². The molecule has 0 bridgehead atoms. The van der Waals surface area contributed by atoms with Crippen LogP contribution in [0.2, 0.25) is 10.3 Å². The lowest BCUT2D eigenvalue weighted by Gasteiger charge is -2.33. The van der Waals surface area contributed by atoms with E-state index in [4.69, 9.17) is 37.4 Å². The number of ether oxygens (including phenoxy) is 3. The van der Waals surface area contributed by atoms with Crippen LogP contribution in [0.25, 0.3) is 0 Å². The molecule has 3 rings (SSSR count). The van der Waals surface area contributed by atoms with Gasteiger partial charge in [0.1, 0.15) is 17.9 Å². The fourth-order valence-corrected chi connectivity index (χ4v) is 2.92. The smallest absolute Gasteiger partial charge is 0.254 e. The van der Waals surface area contributed by atoms with E-state index in [0.717, 1.165) is 0 Å². The first-order valence-corrected chi connectivity index (χ1v) is 8.68. The maximum atomic E-state index is 12.8. The van der Waals surface area contributed by atoms with Crippen LogP contribution in [0.4, 0.5) is 0 Å². The van der Waals surface area contributed by atoms with Crippen molar-refractivity contribution in [1.29, 1.82) is 0 Å². The zero-order valence-electron chi connectivity index (χ0n) is 14.0. The molecule has 1 aliphatic heterocycles. The molecule has 2 aromatic rings. The van der Waals surface area contributed by atoms with E-state index < -0.39 is 0 Å². The van der Waals surface area contributed by atoms with Crippen LogP contribution in [0.5, 0.6) is 11.6 Å². The summed E-state index contributed by atoms with van der Waals surface area (Å²) in [5.41, 5.74) is 0.415. The highest BCUT2D eigenvalue weighted by molar-refractivity contribution is 6.30. The molecule has 0 radical (unpaired) electrons. The van der Waals surface area contributed by atoms with Crippen molar-refractivity contribution in [2.75, 3.05) is 33.4 Å². The molecule has 26 heavy (non-hydrogen) atoms. The first kappa shape index (κ1) is 18.7.